The minimum absolute atomic E-state index is 0.108. The largest absolute Gasteiger partial charge is 0.360 e. The fourth-order valence-electron chi connectivity index (χ4n) is 3.76. The normalized spacial score (nSPS) is 17.6. The standard InChI is InChI=1S/C20H22F2N4O3/c1-10(2)16-8-15(25-28-16)20(27)26-6-4-5-12(9-26)14-7-13(18(21)22)17-11(3)24-29-19(17)23-14/h7-8,10,12,18H,4-6,9H2,1-3H3/t12-/m0/s1. The lowest BCUT2D eigenvalue weighted by atomic mass is 9.92. The zero-order chi connectivity index (χ0) is 20.7. The van der Waals surface area contributed by atoms with E-state index in [-0.39, 0.29) is 40.1 Å². The molecule has 0 radical (unpaired) electrons. The van der Waals surface area contributed by atoms with Gasteiger partial charge in [0.05, 0.1) is 11.1 Å². The lowest BCUT2D eigenvalue weighted by Crippen LogP contribution is -2.39. The highest BCUT2D eigenvalue weighted by Crippen LogP contribution is 2.34. The van der Waals surface area contributed by atoms with Crippen LogP contribution in [0.25, 0.3) is 11.1 Å². The van der Waals surface area contributed by atoms with Crippen molar-refractivity contribution in [3.8, 4) is 0 Å². The van der Waals surface area contributed by atoms with Gasteiger partial charge in [-0.1, -0.05) is 24.2 Å². The van der Waals surface area contributed by atoms with Crippen LogP contribution in [-0.4, -0.2) is 39.2 Å². The zero-order valence-corrected chi connectivity index (χ0v) is 16.5. The summed E-state index contributed by atoms with van der Waals surface area (Å²) in [6, 6.07) is 3.08. The number of aryl methyl sites for hydroxylation is 1. The van der Waals surface area contributed by atoms with Gasteiger partial charge in [-0.05, 0) is 25.8 Å². The minimum atomic E-state index is -2.66. The van der Waals surface area contributed by atoms with E-state index in [0.717, 1.165) is 12.8 Å². The Morgan fingerprint density at radius 2 is 2.03 bits per heavy atom. The number of piperidine rings is 1. The van der Waals surface area contributed by atoms with Crippen molar-refractivity contribution in [3.63, 3.8) is 0 Å². The molecule has 0 aliphatic carbocycles. The molecule has 0 bridgehead atoms. The number of carbonyl (C=O) groups excluding carboxylic acids is 1. The van der Waals surface area contributed by atoms with Gasteiger partial charge < -0.3 is 13.9 Å². The van der Waals surface area contributed by atoms with Crippen molar-refractivity contribution in [1.82, 2.24) is 20.2 Å². The highest BCUT2D eigenvalue weighted by atomic mass is 19.3. The summed E-state index contributed by atoms with van der Waals surface area (Å²) in [5.41, 5.74) is 1.12. The summed E-state index contributed by atoms with van der Waals surface area (Å²) >= 11 is 0. The zero-order valence-electron chi connectivity index (χ0n) is 16.5. The van der Waals surface area contributed by atoms with E-state index in [0.29, 0.717) is 30.2 Å². The molecule has 1 aliphatic heterocycles. The first-order valence-electron chi connectivity index (χ1n) is 9.66. The summed E-state index contributed by atoms with van der Waals surface area (Å²) in [5, 5.41) is 7.92. The molecule has 1 aliphatic rings. The van der Waals surface area contributed by atoms with Crippen LogP contribution in [0.15, 0.2) is 21.2 Å². The third-order valence-electron chi connectivity index (χ3n) is 5.35. The molecule has 9 heteroatoms. The van der Waals surface area contributed by atoms with Crippen molar-refractivity contribution in [2.45, 2.75) is 51.9 Å². The molecule has 0 N–H and O–H groups in total. The number of nitrogens with zero attached hydrogens (tertiary/aromatic N) is 4. The number of fused-ring (bicyclic) bond motifs is 1. The summed E-state index contributed by atoms with van der Waals surface area (Å²) in [6.07, 6.45) is -1.18. The molecule has 3 aromatic heterocycles. The molecule has 4 heterocycles. The van der Waals surface area contributed by atoms with Gasteiger partial charge in [0, 0.05) is 42.2 Å². The first-order valence-corrected chi connectivity index (χ1v) is 9.66. The molecular weight excluding hydrogens is 382 g/mol. The highest BCUT2D eigenvalue weighted by Gasteiger charge is 2.30. The number of alkyl halides is 2. The van der Waals surface area contributed by atoms with Crippen molar-refractivity contribution in [2.75, 3.05) is 13.1 Å². The highest BCUT2D eigenvalue weighted by molar-refractivity contribution is 5.92. The van der Waals surface area contributed by atoms with Crippen LogP contribution in [0.5, 0.6) is 0 Å². The minimum Gasteiger partial charge on any atom is -0.360 e. The van der Waals surface area contributed by atoms with E-state index >= 15 is 0 Å². The van der Waals surface area contributed by atoms with Crippen LogP contribution in [0, 0.1) is 6.92 Å². The Hall–Kier alpha value is -2.84. The van der Waals surface area contributed by atoms with Gasteiger partial charge in [-0.2, -0.15) is 0 Å². The first-order chi connectivity index (χ1) is 13.8. The van der Waals surface area contributed by atoms with Crippen molar-refractivity contribution in [2.24, 2.45) is 0 Å². The number of pyridine rings is 1. The number of amides is 1. The Labute approximate surface area is 166 Å². The van der Waals surface area contributed by atoms with Crippen LogP contribution >= 0.6 is 0 Å². The summed E-state index contributed by atoms with van der Waals surface area (Å²) < 4.78 is 37.6. The molecule has 154 valence electrons. The smallest absolute Gasteiger partial charge is 0.276 e. The molecule has 0 saturated carbocycles. The lowest BCUT2D eigenvalue weighted by Gasteiger charge is -2.32. The molecule has 29 heavy (non-hydrogen) atoms. The number of likely N-dealkylation sites (tertiary alicyclic amines) is 1. The van der Waals surface area contributed by atoms with E-state index in [9.17, 15) is 13.6 Å². The van der Waals surface area contributed by atoms with Crippen LogP contribution in [0.1, 0.15) is 78.2 Å². The second-order valence-electron chi connectivity index (χ2n) is 7.74. The van der Waals surface area contributed by atoms with Crippen molar-refractivity contribution in [3.05, 3.63) is 40.5 Å². The van der Waals surface area contributed by atoms with Crippen LogP contribution in [0.4, 0.5) is 8.78 Å². The van der Waals surface area contributed by atoms with E-state index in [2.05, 4.69) is 15.3 Å². The van der Waals surface area contributed by atoms with E-state index in [1.165, 1.54) is 6.07 Å². The predicted octanol–water partition coefficient (Wildman–Crippen LogP) is 4.60. The molecule has 1 amide bonds. The van der Waals surface area contributed by atoms with Crippen LogP contribution in [-0.2, 0) is 0 Å². The van der Waals surface area contributed by atoms with Crippen molar-refractivity contribution in [1.29, 1.82) is 0 Å². The average Bonchev–Trinajstić information content (AvgIpc) is 3.34. The van der Waals surface area contributed by atoms with Gasteiger partial charge in [-0.3, -0.25) is 4.79 Å². The SMILES string of the molecule is Cc1noc2nc([C@H]3CCCN(C(=O)c4cc(C(C)C)on4)C3)cc(C(F)F)c12. The van der Waals surface area contributed by atoms with Crippen molar-refractivity contribution < 1.29 is 22.6 Å². The Bertz CT molecular complexity index is 1040. The fourth-order valence-corrected chi connectivity index (χ4v) is 3.76. The Balaban J connectivity index is 1.60. The monoisotopic (exact) mass is 404 g/mol. The maximum atomic E-state index is 13.6. The lowest BCUT2D eigenvalue weighted by molar-refractivity contribution is 0.0695. The van der Waals surface area contributed by atoms with Gasteiger partial charge >= 0.3 is 0 Å². The summed E-state index contributed by atoms with van der Waals surface area (Å²) in [4.78, 5) is 18.9. The number of aromatic nitrogens is 3. The van der Waals surface area contributed by atoms with Crippen LogP contribution in [0.3, 0.4) is 0 Å². The topological polar surface area (TPSA) is 85.3 Å². The molecule has 1 fully saturated rings. The Morgan fingerprint density at radius 1 is 1.24 bits per heavy atom. The molecule has 0 aromatic carbocycles. The van der Waals surface area contributed by atoms with Crippen LogP contribution in [0.2, 0.25) is 0 Å². The van der Waals surface area contributed by atoms with Gasteiger partial charge in [0.1, 0.15) is 5.76 Å². The quantitative estimate of drug-likeness (QED) is 0.632. The Morgan fingerprint density at radius 3 is 2.72 bits per heavy atom. The number of hydrogen-bond donors (Lipinski definition) is 0. The molecule has 3 aromatic rings. The maximum Gasteiger partial charge on any atom is 0.276 e. The van der Waals surface area contributed by atoms with E-state index in [1.54, 1.807) is 17.9 Å². The van der Waals surface area contributed by atoms with E-state index in [4.69, 9.17) is 9.05 Å². The summed E-state index contributed by atoms with van der Waals surface area (Å²) in [7, 11) is 0. The first kappa shape index (κ1) is 19.5. The third-order valence-corrected chi connectivity index (χ3v) is 5.35. The van der Waals surface area contributed by atoms with Gasteiger partial charge in [-0.25, -0.2) is 13.8 Å². The predicted molar refractivity (Wildman–Crippen MR) is 100.0 cm³/mol. The van der Waals surface area contributed by atoms with Gasteiger partial charge in [0.15, 0.2) is 5.69 Å². The van der Waals surface area contributed by atoms with Crippen molar-refractivity contribution >= 4 is 17.0 Å². The van der Waals surface area contributed by atoms with E-state index in [1.807, 2.05) is 13.8 Å². The second-order valence-corrected chi connectivity index (χ2v) is 7.74. The molecule has 4 rings (SSSR count). The van der Waals surface area contributed by atoms with E-state index < -0.39 is 6.43 Å². The number of carbonyl (C=O) groups is 1. The van der Waals surface area contributed by atoms with Gasteiger partial charge in [0.25, 0.3) is 18.0 Å². The van der Waals surface area contributed by atoms with Gasteiger partial charge in [-0.15, -0.1) is 0 Å². The maximum absolute atomic E-state index is 13.6. The number of hydrogen-bond acceptors (Lipinski definition) is 6. The molecule has 1 saturated heterocycles. The summed E-state index contributed by atoms with van der Waals surface area (Å²) in [5.74, 6) is 0.385. The number of halogens is 2. The van der Waals surface area contributed by atoms with Gasteiger partial charge in [0.2, 0.25) is 0 Å². The van der Waals surface area contributed by atoms with Crippen LogP contribution < -0.4 is 0 Å². The second kappa shape index (κ2) is 7.53. The molecule has 0 spiro atoms. The Kier molecular flexibility index (Phi) is 5.06. The molecule has 0 unspecified atom stereocenters. The summed E-state index contributed by atoms with van der Waals surface area (Å²) in [6.45, 7) is 6.48. The molecule has 1 atom stereocenters. The molecular formula is C20H22F2N4O3. The number of rotatable bonds is 4. The molecule has 7 nitrogen and oxygen atoms in total. The third kappa shape index (κ3) is 3.61. The average molecular weight is 404 g/mol. The fraction of sp³-hybridized carbons (Fsp3) is 0.500.